The van der Waals surface area contributed by atoms with Gasteiger partial charge in [-0.15, -0.1) is 0 Å². The summed E-state index contributed by atoms with van der Waals surface area (Å²) in [5.74, 6) is 1.01. The molecule has 23 heavy (non-hydrogen) atoms. The Kier molecular flexibility index (Phi) is 4.19. The fourth-order valence-corrected chi connectivity index (χ4v) is 3.95. The van der Waals surface area contributed by atoms with Gasteiger partial charge in [0.1, 0.15) is 11.5 Å². The second-order valence-electron chi connectivity index (χ2n) is 6.72. The van der Waals surface area contributed by atoms with Crippen molar-refractivity contribution in [3.05, 3.63) is 35.1 Å². The van der Waals surface area contributed by atoms with Crippen molar-refractivity contribution in [1.82, 2.24) is 0 Å². The van der Waals surface area contributed by atoms with E-state index < -0.39 is 5.41 Å². The third kappa shape index (κ3) is 2.65. The van der Waals surface area contributed by atoms with Gasteiger partial charge in [-0.05, 0) is 55.9 Å². The van der Waals surface area contributed by atoms with Crippen LogP contribution in [0.1, 0.15) is 43.2 Å². The zero-order chi connectivity index (χ0) is 16.6. The molecule has 0 bridgehead atoms. The summed E-state index contributed by atoms with van der Waals surface area (Å²) in [6, 6.07) is 5.64. The summed E-state index contributed by atoms with van der Waals surface area (Å²) >= 11 is 0. The van der Waals surface area contributed by atoms with Gasteiger partial charge < -0.3 is 14.6 Å². The first-order chi connectivity index (χ1) is 11.0. The number of aliphatic hydroxyl groups is 1. The van der Waals surface area contributed by atoms with Gasteiger partial charge in [-0.3, -0.25) is 4.79 Å². The van der Waals surface area contributed by atoms with E-state index >= 15 is 0 Å². The van der Waals surface area contributed by atoms with Crippen molar-refractivity contribution in [3.8, 4) is 5.75 Å². The Hall–Kier alpha value is -1.81. The van der Waals surface area contributed by atoms with Gasteiger partial charge in [-0.2, -0.15) is 0 Å². The van der Waals surface area contributed by atoms with Crippen molar-refractivity contribution < 1.29 is 19.4 Å². The van der Waals surface area contributed by atoms with E-state index in [1.54, 1.807) is 14.2 Å². The first kappa shape index (κ1) is 16.1. The van der Waals surface area contributed by atoms with Crippen LogP contribution < -0.4 is 4.74 Å². The minimum Gasteiger partial charge on any atom is -0.511 e. The highest BCUT2D eigenvalue weighted by Gasteiger charge is 2.48. The Morgan fingerprint density at radius 1 is 1.22 bits per heavy atom. The molecule has 1 spiro atoms. The molecule has 0 saturated heterocycles. The average molecular weight is 316 g/mol. The lowest BCUT2D eigenvalue weighted by atomic mass is 9.71. The second-order valence-corrected chi connectivity index (χ2v) is 6.72. The normalized spacial score (nSPS) is 27.8. The largest absolute Gasteiger partial charge is 0.511 e. The standard InChI is InChI=1S/C19H24O4/c1-12-4-5-14(23-3)10-15(12)17-16(20)11-19(18(17)21)8-6-13(22-2)7-9-19/h4-5,10,13,21H,6-9,11H2,1-3H3. The van der Waals surface area contributed by atoms with Gasteiger partial charge in [0.2, 0.25) is 0 Å². The minimum absolute atomic E-state index is 0.0368. The number of carbonyl (C=O) groups excluding carboxylic acids is 1. The molecule has 0 radical (unpaired) electrons. The molecule has 4 nitrogen and oxygen atoms in total. The number of aryl methyl sites for hydroxylation is 1. The topological polar surface area (TPSA) is 55.8 Å². The summed E-state index contributed by atoms with van der Waals surface area (Å²) in [7, 11) is 3.33. The van der Waals surface area contributed by atoms with Gasteiger partial charge in [-0.1, -0.05) is 6.07 Å². The van der Waals surface area contributed by atoms with Gasteiger partial charge in [0.15, 0.2) is 5.78 Å². The van der Waals surface area contributed by atoms with Gasteiger partial charge in [0.25, 0.3) is 0 Å². The van der Waals surface area contributed by atoms with Crippen LogP contribution in [0.25, 0.3) is 5.57 Å². The molecule has 0 atom stereocenters. The molecule has 1 N–H and O–H groups in total. The predicted octanol–water partition coefficient (Wildman–Crippen LogP) is 3.82. The predicted molar refractivity (Wildman–Crippen MR) is 88.6 cm³/mol. The summed E-state index contributed by atoms with van der Waals surface area (Å²) in [6.45, 7) is 1.95. The summed E-state index contributed by atoms with van der Waals surface area (Å²) in [5, 5.41) is 10.9. The highest BCUT2D eigenvalue weighted by molar-refractivity contribution is 6.24. The Morgan fingerprint density at radius 2 is 1.91 bits per heavy atom. The summed E-state index contributed by atoms with van der Waals surface area (Å²) in [4.78, 5) is 12.7. The Labute approximate surface area is 137 Å². The van der Waals surface area contributed by atoms with Crippen molar-refractivity contribution in [2.45, 2.75) is 45.1 Å². The molecular weight excluding hydrogens is 292 g/mol. The lowest BCUT2D eigenvalue weighted by molar-refractivity contribution is -0.115. The molecule has 0 aliphatic heterocycles. The van der Waals surface area contributed by atoms with Gasteiger partial charge in [0.05, 0.1) is 18.8 Å². The van der Waals surface area contributed by atoms with Crippen molar-refractivity contribution in [2.24, 2.45) is 5.41 Å². The van der Waals surface area contributed by atoms with Crippen LogP contribution >= 0.6 is 0 Å². The van der Waals surface area contributed by atoms with E-state index in [1.165, 1.54) is 0 Å². The highest BCUT2D eigenvalue weighted by atomic mass is 16.5. The molecule has 124 valence electrons. The number of allylic oxidation sites excluding steroid dienone is 2. The maximum Gasteiger partial charge on any atom is 0.167 e. The number of rotatable bonds is 3. The molecule has 2 aliphatic carbocycles. The summed E-state index contributed by atoms with van der Waals surface area (Å²) in [6.07, 6.45) is 4.02. The van der Waals surface area contributed by atoms with Gasteiger partial charge in [-0.25, -0.2) is 0 Å². The molecule has 0 aromatic heterocycles. The molecule has 2 aliphatic rings. The fraction of sp³-hybridized carbons (Fsp3) is 0.526. The van der Waals surface area contributed by atoms with E-state index in [1.807, 2.05) is 25.1 Å². The minimum atomic E-state index is -0.392. The van der Waals surface area contributed by atoms with Crippen LogP contribution in [-0.4, -0.2) is 31.2 Å². The maximum absolute atomic E-state index is 12.7. The van der Waals surface area contributed by atoms with Crippen molar-refractivity contribution in [2.75, 3.05) is 14.2 Å². The Balaban J connectivity index is 2.00. The molecule has 1 aromatic carbocycles. The average Bonchev–Trinajstić information content (AvgIpc) is 2.79. The van der Waals surface area contributed by atoms with E-state index in [0.717, 1.165) is 36.8 Å². The van der Waals surface area contributed by atoms with E-state index in [0.29, 0.717) is 17.7 Å². The lowest BCUT2D eigenvalue weighted by Gasteiger charge is -2.36. The van der Waals surface area contributed by atoms with Crippen LogP contribution in [0.5, 0.6) is 5.75 Å². The number of Topliss-reactive ketones (excluding diaryl/α,β-unsaturated/α-hetero) is 1. The number of ether oxygens (including phenoxy) is 2. The molecular formula is C19H24O4. The van der Waals surface area contributed by atoms with Crippen molar-refractivity contribution >= 4 is 11.4 Å². The molecule has 1 saturated carbocycles. The monoisotopic (exact) mass is 316 g/mol. The van der Waals surface area contributed by atoms with E-state index in [2.05, 4.69) is 0 Å². The van der Waals surface area contributed by atoms with Crippen molar-refractivity contribution in [1.29, 1.82) is 0 Å². The summed E-state index contributed by atoms with van der Waals surface area (Å²) < 4.78 is 10.7. The SMILES string of the molecule is COc1ccc(C)c(C2=C(O)C3(CCC(OC)CC3)CC2=O)c1. The fourth-order valence-electron chi connectivity index (χ4n) is 3.95. The number of carbonyl (C=O) groups is 1. The Bertz CT molecular complexity index is 651. The number of hydrogen-bond donors (Lipinski definition) is 1. The molecule has 1 aromatic rings. The van der Waals surface area contributed by atoms with E-state index in [4.69, 9.17) is 9.47 Å². The highest BCUT2D eigenvalue weighted by Crippen LogP contribution is 2.52. The molecule has 4 heteroatoms. The first-order valence-corrected chi connectivity index (χ1v) is 8.15. The number of aliphatic hydroxyl groups excluding tert-OH is 1. The number of benzene rings is 1. The van der Waals surface area contributed by atoms with Crippen LogP contribution in [-0.2, 0) is 9.53 Å². The van der Waals surface area contributed by atoms with Crippen LogP contribution in [0.4, 0.5) is 0 Å². The van der Waals surface area contributed by atoms with E-state index in [9.17, 15) is 9.90 Å². The Morgan fingerprint density at radius 3 is 2.52 bits per heavy atom. The van der Waals surface area contributed by atoms with E-state index in [-0.39, 0.29) is 17.6 Å². The van der Waals surface area contributed by atoms with Crippen LogP contribution in [0.2, 0.25) is 0 Å². The number of ketones is 1. The van der Waals surface area contributed by atoms with Crippen LogP contribution in [0, 0.1) is 12.3 Å². The number of methoxy groups -OCH3 is 2. The molecule has 0 heterocycles. The van der Waals surface area contributed by atoms with Gasteiger partial charge in [0, 0.05) is 18.9 Å². The third-order valence-corrected chi connectivity index (χ3v) is 5.45. The van der Waals surface area contributed by atoms with Crippen molar-refractivity contribution in [3.63, 3.8) is 0 Å². The number of hydrogen-bond acceptors (Lipinski definition) is 4. The second kappa shape index (κ2) is 6.00. The van der Waals surface area contributed by atoms with Crippen LogP contribution in [0.3, 0.4) is 0 Å². The molecule has 1 fully saturated rings. The quantitative estimate of drug-likeness (QED) is 0.921. The zero-order valence-electron chi connectivity index (χ0n) is 14.0. The molecule has 3 rings (SSSR count). The smallest absolute Gasteiger partial charge is 0.167 e. The molecule has 0 amide bonds. The summed E-state index contributed by atoms with van der Waals surface area (Å²) in [5.41, 5.74) is 1.86. The van der Waals surface area contributed by atoms with Gasteiger partial charge >= 0.3 is 0 Å². The van der Waals surface area contributed by atoms with Crippen LogP contribution in [0.15, 0.2) is 24.0 Å². The lowest BCUT2D eigenvalue weighted by Crippen LogP contribution is -2.31. The zero-order valence-corrected chi connectivity index (χ0v) is 14.0. The maximum atomic E-state index is 12.7. The first-order valence-electron chi connectivity index (χ1n) is 8.15. The third-order valence-electron chi connectivity index (χ3n) is 5.45. The molecule has 0 unspecified atom stereocenters.